The third kappa shape index (κ3) is 2.76. The molecule has 0 spiro atoms. The standard InChI is InChI=1S/C12H20N4O2/c1-18-12(17)11-7-9(14-15-13)8-16(11)10-5-3-2-4-6-10/h9-11H,2-8H2,1H3/t9-,11-/m0/s1. The van der Waals surface area contributed by atoms with Gasteiger partial charge in [0, 0.05) is 17.5 Å². The van der Waals surface area contributed by atoms with Gasteiger partial charge < -0.3 is 4.74 Å². The molecule has 6 heteroatoms. The van der Waals surface area contributed by atoms with Gasteiger partial charge in [-0.3, -0.25) is 9.69 Å². The van der Waals surface area contributed by atoms with Crippen molar-refractivity contribution in [3.63, 3.8) is 0 Å². The summed E-state index contributed by atoms with van der Waals surface area (Å²) in [7, 11) is 1.42. The summed E-state index contributed by atoms with van der Waals surface area (Å²) in [5.74, 6) is -0.198. The van der Waals surface area contributed by atoms with Gasteiger partial charge >= 0.3 is 5.97 Å². The summed E-state index contributed by atoms with van der Waals surface area (Å²) in [5.41, 5.74) is 8.53. The SMILES string of the molecule is COC(=O)[C@@H]1C[C@H](N=[N+]=[N-])CN1C1CCCCC1. The summed E-state index contributed by atoms with van der Waals surface area (Å²) in [5, 5.41) is 3.77. The van der Waals surface area contributed by atoms with Gasteiger partial charge in [-0.1, -0.05) is 24.4 Å². The molecule has 2 aliphatic rings. The molecule has 0 aromatic rings. The molecule has 0 bridgehead atoms. The van der Waals surface area contributed by atoms with Crippen LogP contribution in [-0.2, 0) is 9.53 Å². The summed E-state index contributed by atoms with van der Waals surface area (Å²) >= 11 is 0. The van der Waals surface area contributed by atoms with Crippen LogP contribution in [0.4, 0.5) is 0 Å². The Hall–Kier alpha value is -1.26. The van der Waals surface area contributed by atoms with Crippen LogP contribution in [0.25, 0.3) is 10.4 Å². The Bertz CT molecular complexity index is 348. The highest BCUT2D eigenvalue weighted by molar-refractivity contribution is 5.76. The fourth-order valence-electron chi connectivity index (χ4n) is 3.18. The molecule has 1 aliphatic carbocycles. The Kier molecular flexibility index (Phi) is 4.44. The van der Waals surface area contributed by atoms with Gasteiger partial charge in [-0.25, -0.2) is 0 Å². The van der Waals surface area contributed by atoms with E-state index in [2.05, 4.69) is 14.9 Å². The van der Waals surface area contributed by atoms with E-state index in [1.165, 1.54) is 26.4 Å². The first-order valence-electron chi connectivity index (χ1n) is 6.64. The average molecular weight is 252 g/mol. The lowest BCUT2D eigenvalue weighted by atomic mass is 9.94. The van der Waals surface area contributed by atoms with Crippen LogP contribution in [0.1, 0.15) is 38.5 Å². The summed E-state index contributed by atoms with van der Waals surface area (Å²) in [4.78, 5) is 16.9. The third-order valence-corrected chi connectivity index (χ3v) is 4.05. The van der Waals surface area contributed by atoms with Crippen LogP contribution in [0.2, 0.25) is 0 Å². The predicted molar refractivity (Wildman–Crippen MR) is 66.9 cm³/mol. The van der Waals surface area contributed by atoms with Gasteiger partial charge in [-0.2, -0.15) is 0 Å². The highest BCUT2D eigenvalue weighted by atomic mass is 16.5. The molecule has 18 heavy (non-hydrogen) atoms. The Labute approximate surface area is 107 Å². The molecule has 1 aliphatic heterocycles. The number of carbonyl (C=O) groups excluding carboxylic acids is 1. The minimum atomic E-state index is -0.228. The quantitative estimate of drug-likeness (QED) is 0.334. The second-order valence-electron chi connectivity index (χ2n) is 5.12. The Morgan fingerprint density at radius 1 is 1.39 bits per heavy atom. The van der Waals surface area contributed by atoms with E-state index >= 15 is 0 Å². The van der Waals surface area contributed by atoms with Gasteiger partial charge in [0.15, 0.2) is 0 Å². The van der Waals surface area contributed by atoms with E-state index in [-0.39, 0.29) is 18.1 Å². The maximum Gasteiger partial charge on any atom is 0.323 e. The van der Waals surface area contributed by atoms with Gasteiger partial charge in [-0.05, 0) is 24.8 Å². The van der Waals surface area contributed by atoms with Crippen molar-refractivity contribution in [3.8, 4) is 0 Å². The smallest absolute Gasteiger partial charge is 0.323 e. The number of hydrogen-bond donors (Lipinski definition) is 0. The molecular formula is C12H20N4O2. The summed E-state index contributed by atoms with van der Waals surface area (Å²) in [6.45, 7) is 0.689. The van der Waals surface area contributed by atoms with E-state index in [1.54, 1.807) is 0 Å². The van der Waals surface area contributed by atoms with E-state index in [1.807, 2.05) is 0 Å². The van der Waals surface area contributed by atoms with Gasteiger partial charge in [0.05, 0.1) is 13.2 Å². The number of hydrogen-bond acceptors (Lipinski definition) is 4. The molecule has 1 heterocycles. The molecule has 1 saturated carbocycles. The maximum absolute atomic E-state index is 11.8. The lowest BCUT2D eigenvalue weighted by Gasteiger charge is -2.34. The third-order valence-electron chi connectivity index (χ3n) is 4.05. The molecule has 0 amide bonds. The Morgan fingerprint density at radius 2 is 2.11 bits per heavy atom. The fraction of sp³-hybridized carbons (Fsp3) is 0.917. The topological polar surface area (TPSA) is 78.3 Å². The summed E-state index contributed by atoms with van der Waals surface area (Å²) < 4.78 is 4.87. The fourth-order valence-corrected chi connectivity index (χ4v) is 3.18. The number of azide groups is 1. The van der Waals surface area contributed by atoms with Crippen LogP contribution in [0, 0.1) is 0 Å². The number of esters is 1. The van der Waals surface area contributed by atoms with E-state index in [0.717, 1.165) is 12.8 Å². The number of methoxy groups -OCH3 is 1. The van der Waals surface area contributed by atoms with Gasteiger partial charge in [0.1, 0.15) is 6.04 Å². The molecule has 6 nitrogen and oxygen atoms in total. The zero-order valence-corrected chi connectivity index (χ0v) is 10.8. The second kappa shape index (κ2) is 6.07. The van der Waals surface area contributed by atoms with Crippen LogP contribution < -0.4 is 0 Å². The summed E-state index contributed by atoms with van der Waals surface area (Å²) in [6, 6.07) is 0.122. The number of ether oxygens (including phenoxy) is 1. The molecule has 0 unspecified atom stereocenters. The van der Waals surface area contributed by atoms with Crippen LogP contribution >= 0.6 is 0 Å². The van der Waals surface area contributed by atoms with Crippen LogP contribution in [0.5, 0.6) is 0 Å². The van der Waals surface area contributed by atoms with Crippen LogP contribution in [0.15, 0.2) is 5.11 Å². The van der Waals surface area contributed by atoms with E-state index in [0.29, 0.717) is 19.0 Å². The highest BCUT2D eigenvalue weighted by Gasteiger charge is 2.40. The maximum atomic E-state index is 11.8. The van der Waals surface area contributed by atoms with Gasteiger partial charge in [0.2, 0.25) is 0 Å². The first-order chi connectivity index (χ1) is 8.76. The van der Waals surface area contributed by atoms with Crippen molar-refractivity contribution in [1.29, 1.82) is 0 Å². The molecule has 2 fully saturated rings. The molecular weight excluding hydrogens is 232 g/mol. The largest absolute Gasteiger partial charge is 0.468 e. The molecule has 2 rings (SSSR count). The second-order valence-corrected chi connectivity index (χ2v) is 5.12. The van der Waals surface area contributed by atoms with Gasteiger partial charge in [0.25, 0.3) is 0 Å². The number of nitrogens with zero attached hydrogens (tertiary/aromatic N) is 4. The zero-order chi connectivity index (χ0) is 13.0. The number of rotatable bonds is 3. The van der Waals surface area contributed by atoms with Crippen molar-refractivity contribution in [2.75, 3.05) is 13.7 Å². The molecule has 0 aromatic heterocycles. The average Bonchev–Trinajstić information content (AvgIpc) is 2.83. The predicted octanol–water partition coefficient (Wildman–Crippen LogP) is 2.25. The lowest BCUT2D eigenvalue weighted by molar-refractivity contribution is -0.146. The summed E-state index contributed by atoms with van der Waals surface area (Å²) in [6.07, 6.45) is 6.59. The van der Waals surface area contributed by atoms with E-state index in [9.17, 15) is 4.79 Å². The van der Waals surface area contributed by atoms with E-state index < -0.39 is 0 Å². The normalized spacial score (nSPS) is 29.8. The monoisotopic (exact) mass is 252 g/mol. The van der Waals surface area contributed by atoms with Gasteiger partial charge in [-0.15, -0.1) is 0 Å². The van der Waals surface area contributed by atoms with Crippen LogP contribution in [0.3, 0.4) is 0 Å². The first-order valence-corrected chi connectivity index (χ1v) is 6.64. The lowest BCUT2D eigenvalue weighted by Crippen LogP contribution is -2.44. The Morgan fingerprint density at radius 3 is 2.72 bits per heavy atom. The highest BCUT2D eigenvalue weighted by Crippen LogP contribution is 2.30. The molecule has 1 saturated heterocycles. The minimum absolute atomic E-state index is 0.0963. The van der Waals surface area contributed by atoms with Crippen molar-refractivity contribution in [3.05, 3.63) is 10.4 Å². The van der Waals surface area contributed by atoms with Crippen molar-refractivity contribution >= 4 is 5.97 Å². The zero-order valence-electron chi connectivity index (χ0n) is 10.8. The first kappa shape index (κ1) is 13.2. The molecule has 0 aromatic carbocycles. The molecule has 2 atom stereocenters. The number of carbonyl (C=O) groups is 1. The van der Waals surface area contributed by atoms with E-state index in [4.69, 9.17) is 10.3 Å². The van der Waals surface area contributed by atoms with Crippen LogP contribution in [-0.4, -0.2) is 42.6 Å². The molecule has 0 radical (unpaired) electrons. The van der Waals surface area contributed by atoms with Crippen molar-refractivity contribution < 1.29 is 9.53 Å². The number of likely N-dealkylation sites (tertiary alicyclic amines) is 1. The molecule has 0 N–H and O–H groups in total. The molecule has 100 valence electrons. The van der Waals surface area contributed by atoms with Crippen molar-refractivity contribution in [2.45, 2.75) is 56.7 Å². The van der Waals surface area contributed by atoms with Crippen molar-refractivity contribution in [2.24, 2.45) is 5.11 Å². The minimum Gasteiger partial charge on any atom is -0.468 e. The Balaban J connectivity index is 2.08. The van der Waals surface area contributed by atoms with Crippen molar-refractivity contribution in [1.82, 2.24) is 4.90 Å².